The van der Waals surface area contributed by atoms with E-state index in [1.54, 1.807) is 32.7 Å². The van der Waals surface area contributed by atoms with Crippen molar-refractivity contribution in [1.29, 1.82) is 0 Å². The quantitative estimate of drug-likeness (QED) is 0.469. The van der Waals surface area contributed by atoms with Crippen LogP contribution in [0.5, 0.6) is 5.75 Å². The van der Waals surface area contributed by atoms with Gasteiger partial charge in [0.15, 0.2) is 0 Å². The van der Waals surface area contributed by atoms with E-state index in [0.717, 1.165) is 47.5 Å². The largest absolute Gasteiger partial charge is 0.496 e. The van der Waals surface area contributed by atoms with Gasteiger partial charge in [0, 0.05) is 37.6 Å². The minimum absolute atomic E-state index is 0.0392. The first-order chi connectivity index (χ1) is 17.5. The van der Waals surface area contributed by atoms with Crippen LogP contribution in [-0.4, -0.2) is 60.1 Å². The molecule has 9 heteroatoms. The van der Waals surface area contributed by atoms with E-state index in [0.29, 0.717) is 42.4 Å². The third kappa shape index (κ3) is 5.57. The summed E-state index contributed by atoms with van der Waals surface area (Å²) in [5.74, 6) is 1.08. The zero-order chi connectivity index (χ0) is 25.1. The molecule has 0 atom stereocenters. The standard InChI is InChI=1S/C27H30N4O4S/c1-34-20-7-9-31(10-8-20)27(33)21-6-5-18(12-24(21)35-2)22-14-28-15-23(30-22)25-13-19(16-36-25)29-26(32)11-17-3-4-17/h5-6,12-17,20H,3-4,7-11H2,1-2H3,(H,29,32). The van der Waals surface area contributed by atoms with Crippen LogP contribution in [0.25, 0.3) is 21.8 Å². The minimum atomic E-state index is -0.0392. The number of amides is 2. The number of hydrogen-bond acceptors (Lipinski definition) is 7. The Balaban J connectivity index is 1.32. The normalized spacial score (nSPS) is 16.1. The zero-order valence-electron chi connectivity index (χ0n) is 20.5. The number of ether oxygens (including phenoxy) is 2. The van der Waals surface area contributed by atoms with Crippen molar-refractivity contribution < 1.29 is 19.1 Å². The molecule has 1 saturated carbocycles. The number of nitrogens with one attached hydrogen (secondary N) is 1. The molecule has 0 radical (unpaired) electrons. The Labute approximate surface area is 214 Å². The van der Waals surface area contributed by atoms with Gasteiger partial charge in [0.2, 0.25) is 5.91 Å². The Morgan fingerprint density at radius 3 is 2.58 bits per heavy atom. The van der Waals surface area contributed by atoms with E-state index in [4.69, 9.17) is 14.5 Å². The number of aromatic nitrogens is 2. The van der Waals surface area contributed by atoms with Crippen LogP contribution in [0.4, 0.5) is 5.69 Å². The highest BCUT2D eigenvalue weighted by atomic mass is 32.1. The molecule has 188 valence electrons. The van der Waals surface area contributed by atoms with Crippen molar-refractivity contribution in [3.63, 3.8) is 0 Å². The first-order valence-electron chi connectivity index (χ1n) is 12.3. The topological polar surface area (TPSA) is 93.7 Å². The number of likely N-dealkylation sites (tertiary alicyclic amines) is 1. The second kappa shape index (κ2) is 10.8. The van der Waals surface area contributed by atoms with Gasteiger partial charge in [-0.1, -0.05) is 6.07 Å². The lowest BCUT2D eigenvalue weighted by molar-refractivity contribution is -0.116. The monoisotopic (exact) mass is 506 g/mol. The van der Waals surface area contributed by atoms with Gasteiger partial charge in [0.05, 0.1) is 53.1 Å². The SMILES string of the molecule is COc1cc(-c2cncc(-c3cc(NC(=O)CC4CC4)cs3)n2)ccc1C(=O)N1CCC(OC)CC1. The number of carbonyl (C=O) groups excluding carboxylic acids is 2. The Bertz CT molecular complexity index is 1250. The first kappa shape index (κ1) is 24.4. The molecule has 2 amide bonds. The van der Waals surface area contributed by atoms with Gasteiger partial charge < -0.3 is 19.7 Å². The summed E-state index contributed by atoms with van der Waals surface area (Å²) in [6.45, 7) is 1.33. The maximum absolute atomic E-state index is 13.2. The van der Waals surface area contributed by atoms with Crippen LogP contribution in [0.15, 0.2) is 42.0 Å². The second-order valence-corrected chi connectivity index (χ2v) is 10.2. The van der Waals surface area contributed by atoms with Gasteiger partial charge in [-0.2, -0.15) is 0 Å². The highest BCUT2D eigenvalue weighted by molar-refractivity contribution is 7.14. The van der Waals surface area contributed by atoms with Crippen LogP contribution in [-0.2, 0) is 9.53 Å². The van der Waals surface area contributed by atoms with Gasteiger partial charge in [-0.3, -0.25) is 14.6 Å². The fraction of sp³-hybridized carbons (Fsp3) is 0.407. The number of nitrogens with zero attached hydrogens (tertiary/aromatic N) is 3. The van der Waals surface area contributed by atoms with Gasteiger partial charge in [-0.05, 0) is 49.8 Å². The van der Waals surface area contributed by atoms with Crippen molar-refractivity contribution in [3.05, 3.63) is 47.6 Å². The molecule has 1 aliphatic heterocycles. The fourth-order valence-electron chi connectivity index (χ4n) is 4.45. The van der Waals surface area contributed by atoms with Crippen molar-refractivity contribution in [2.75, 3.05) is 32.6 Å². The van der Waals surface area contributed by atoms with E-state index in [1.807, 2.05) is 28.5 Å². The Hall–Kier alpha value is -3.30. The molecule has 2 aromatic heterocycles. The van der Waals surface area contributed by atoms with Gasteiger partial charge in [-0.15, -0.1) is 11.3 Å². The molecule has 1 aliphatic carbocycles. The smallest absolute Gasteiger partial charge is 0.257 e. The van der Waals surface area contributed by atoms with E-state index in [-0.39, 0.29) is 17.9 Å². The Morgan fingerprint density at radius 1 is 1.08 bits per heavy atom. The minimum Gasteiger partial charge on any atom is -0.496 e. The molecule has 1 N–H and O–H groups in total. The molecule has 2 aliphatic rings. The molecule has 3 heterocycles. The average Bonchev–Trinajstić information content (AvgIpc) is 3.61. The summed E-state index contributed by atoms with van der Waals surface area (Å²) in [6.07, 6.45) is 8.18. The van der Waals surface area contributed by atoms with Crippen LogP contribution in [0.1, 0.15) is 42.5 Å². The van der Waals surface area contributed by atoms with Gasteiger partial charge in [0.25, 0.3) is 5.91 Å². The van der Waals surface area contributed by atoms with Crippen molar-refractivity contribution in [2.24, 2.45) is 5.92 Å². The lowest BCUT2D eigenvalue weighted by Crippen LogP contribution is -2.40. The molecule has 1 aromatic carbocycles. The molecule has 5 rings (SSSR count). The predicted molar refractivity (Wildman–Crippen MR) is 139 cm³/mol. The number of anilines is 1. The van der Waals surface area contributed by atoms with Crippen LogP contribution >= 0.6 is 11.3 Å². The maximum atomic E-state index is 13.2. The summed E-state index contributed by atoms with van der Waals surface area (Å²) in [6, 6.07) is 7.44. The molecule has 8 nitrogen and oxygen atoms in total. The van der Waals surface area contributed by atoms with Gasteiger partial charge in [0.1, 0.15) is 5.75 Å². The van der Waals surface area contributed by atoms with Crippen molar-refractivity contribution >= 4 is 28.8 Å². The molecule has 36 heavy (non-hydrogen) atoms. The Kier molecular flexibility index (Phi) is 7.29. The van der Waals surface area contributed by atoms with Crippen LogP contribution < -0.4 is 10.1 Å². The lowest BCUT2D eigenvalue weighted by atomic mass is 10.0. The molecule has 0 unspecified atom stereocenters. The third-order valence-electron chi connectivity index (χ3n) is 6.73. The predicted octanol–water partition coefficient (Wildman–Crippen LogP) is 4.87. The highest BCUT2D eigenvalue weighted by Gasteiger charge is 2.26. The molecular formula is C27H30N4O4S. The number of piperidine rings is 1. The lowest BCUT2D eigenvalue weighted by Gasteiger charge is -2.31. The van der Waals surface area contributed by atoms with E-state index >= 15 is 0 Å². The molecule has 0 bridgehead atoms. The summed E-state index contributed by atoms with van der Waals surface area (Å²) in [5, 5.41) is 4.90. The van der Waals surface area contributed by atoms with Crippen LogP contribution in [0.3, 0.4) is 0 Å². The summed E-state index contributed by atoms with van der Waals surface area (Å²) < 4.78 is 11.0. The fourth-order valence-corrected chi connectivity index (χ4v) is 5.24. The number of thiophene rings is 1. The molecule has 2 fully saturated rings. The number of methoxy groups -OCH3 is 2. The highest BCUT2D eigenvalue weighted by Crippen LogP contribution is 2.34. The first-order valence-corrected chi connectivity index (χ1v) is 13.1. The van der Waals surface area contributed by atoms with E-state index < -0.39 is 0 Å². The average molecular weight is 507 g/mol. The van der Waals surface area contributed by atoms with Gasteiger partial charge >= 0.3 is 0 Å². The summed E-state index contributed by atoms with van der Waals surface area (Å²) in [7, 11) is 3.28. The zero-order valence-corrected chi connectivity index (χ0v) is 21.3. The van der Waals surface area contributed by atoms with E-state index in [9.17, 15) is 9.59 Å². The summed E-state index contributed by atoms with van der Waals surface area (Å²) in [5.41, 5.74) is 3.53. The third-order valence-corrected chi connectivity index (χ3v) is 7.68. The van der Waals surface area contributed by atoms with Crippen LogP contribution in [0, 0.1) is 5.92 Å². The Morgan fingerprint density at radius 2 is 1.86 bits per heavy atom. The van der Waals surface area contributed by atoms with Gasteiger partial charge in [-0.25, -0.2) is 4.98 Å². The molecule has 1 saturated heterocycles. The summed E-state index contributed by atoms with van der Waals surface area (Å²) >= 11 is 1.51. The number of rotatable bonds is 8. The molecule has 0 spiro atoms. The maximum Gasteiger partial charge on any atom is 0.257 e. The van der Waals surface area contributed by atoms with Crippen molar-refractivity contribution in [3.8, 4) is 27.6 Å². The number of carbonyl (C=O) groups is 2. The number of benzene rings is 1. The number of hydrogen-bond donors (Lipinski definition) is 1. The van der Waals surface area contributed by atoms with E-state index in [1.165, 1.54) is 11.3 Å². The van der Waals surface area contributed by atoms with Crippen molar-refractivity contribution in [2.45, 2.75) is 38.2 Å². The molecular weight excluding hydrogens is 476 g/mol. The van der Waals surface area contributed by atoms with Crippen LogP contribution in [0.2, 0.25) is 0 Å². The van der Waals surface area contributed by atoms with Crippen molar-refractivity contribution in [1.82, 2.24) is 14.9 Å². The van der Waals surface area contributed by atoms with E-state index in [2.05, 4.69) is 10.3 Å². The second-order valence-electron chi connectivity index (χ2n) is 9.33. The summed E-state index contributed by atoms with van der Waals surface area (Å²) in [4.78, 5) is 37.2. The molecule has 3 aromatic rings.